The lowest BCUT2D eigenvalue weighted by Gasteiger charge is -2.07. The van der Waals surface area contributed by atoms with E-state index in [2.05, 4.69) is 5.10 Å². The van der Waals surface area contributed by atoms with Crippen LogP contribution in [0, 0.1) is 9.39 Å². The second kappa shape index (κ2) is 4.32. The molecular weight excluding hydrogens is 340 g/mol. The van der Waals surface area contributed by atoms with Gasteiger partial charge in [0.1, 0.15) is 5.69 Å². The van der Waals surface area contributed by atoms with Crippen molar-refractivity contribution in [1.29, 1.82) is 0 Å². The number of hydrogen-bond acceptors (Lipinski definition) is 3. The van der Waals surface area contributed by atoms with Gasteiger partial charge >= 0.3 is 5.97 Å². The highest BCUT2D eigenvalue weighted by molar-refractivity contribution is 14.1. The quantitative estimate of drug-likeness (QED) is 0.642. The summed E-state index contributed by atoms with van der Waals surface area (Å²) in [4.78, 5) is 10.9. The molecule has 0 aliphatic heterocycles. The minimum atomic E-state index is -1.20. The van der Waals surface area contributed by atoms with Crippen LogP contribution in [0.5, 0.6) is 0 Å². The fourth-order valence-electron chi connectivity index (χ4n) is 1.37. The van der Waals surface area contributed by atoms with Crippen molar-refractivity contribution in [2.45, 2.75) is 0 Å². The lowest BCUT2D eigenvalue weighted by atomic mass is 10.1. The Kier molecular flexibility index (Phi) is 3.01. The highest BCUT2D eigenvalue weighted by atomic mass is 127. The van der Waals surface area contributed by atoms with Gasteiger partial charge in [0.25, 0.3) is 0 Å². The Hall–Kier alpha value is -1.64. The number of aromatic carboxylic acids is 1. The first-order chi connectivity index (χ1) is 7.99. The van der Waals surface area contributed by atoms with Gasteiger partial charge in [0.05, 0.1) is 15.3 Å². The van der Waals surface area contributed by atoms with Gasteiger partial charge in [-0.05, 0) is 34.7 Å². The van der Waals surface area contributed by atoms with Crippen molar-refractivity contribution in [3.8, 4) is 5.69 Å². The van der Waals surface area contributed by atoms with E-state index in [4.69, 9.17) is 10.8 Å². The highest BCUT2D eigenvalue weighted by Gasteiger charge is 2.14. The molecule has 88 valence electrons. The van der Waals surface area contributed by atoms with E-state index < -0.39 is 11.8 Å². The van der Waals surface area contributed by atoms with Crippen LogP contribution in [0.1, 0.15) is 10.4 Å². The molecule has 2 aromatic rings. The summed E-state index contributed by atoms with van der Waals surface area (Å²) < 4.78 is 15.7. The first kappa shape index (κ1) is 11.8. The molecule has 3 N–H and O–H groups in total. The van der Waals surface area contributed by atoms with Crippen molar-refractivity contribution in [2.75, 3.05) is 5.73 Å². The minimum absolute atomic E-state index is 0.0551. The van der Waals surface area contributed by atoms with Crippen molar-refractivity contribution in [3.05, 3.63) is 39.5 Å². The number of nitrogens with zero attached hydrogens (tertiary/aromatic N) is 2. The Morgan fingerprint density at radius 3 is 2.76 bits per heavy atom. The number of carboxylic acids is 1. The van der Waals surface area contributed by atoms with Crippen LogP contribution in [0.25, 0.3) is 5.69 Å². The van der Waals surface area contributed by atoms with Gasteiger partial charge in [-0.3, -0.25) is 0 Å². The topological polar surface area (TPSA) is 81.1 Å². The van der Waals surface area contributed by atoms with Crippen molar-refractivity contribution in [3.63, 3.8) is 0 Å². The van der Waals surface area contributed by atoms with Gasteiger partial charge in [-0.1, -0.05) is 0 Å². The molecule has 1 aromatic heterocycles. The normalized spacial score (nSPS) is 10.5. The Labute approximate surface area is 109 Å². The molecule has 0 aliphatic rings. The molecule has 1 aromatic carbocycles. The maximum Gasteiger partial charge on any atom is 0.337 e. The van der Waals surface area contributed by atoms with Gasteiger partial charge in [-0.2, -0.15) is 5.10 Å². The van der Waals surface area contributed by atoms with E-state index in [1.807, 2.05) is 22.6 Å². The van der Waals surface area contributed by atoms with Crippen LogP contribution in [0.15, 0.2) is 24.5 Å². The molecule has 0 saturated carbocycles. The van der Waals surface area contributed by atoms with Gasteiger partial charge < -0.3 is 10.8 Å². The summed E-state index contributed by atoms with van der Waals surface area (Å²) in [6.07, 6.45) is 3.12. The molecule has 1 heterocycles. The van der Waals surface area contributed by atoms with E-state index in [0.29, 0.717) is 0 Å². The van der Waals surface area contributed by atoms with Crippen molar-refractivity contribution in [2.24, 2.45) is 0 Å². The molecule has 0 unspecified atom stereocenters. The third-order valence-electron chi connectivity index (χ3n) is 2.15. The summed E-state index contributed by atoms with van der Waals surface area (Å²) in [6.45, 7) is 0. The van der Waals surface area contributed by atoms with Crippen LogP contribution < -0.4 is 5.73 Å². The third kappa shape index (κ3) is 2.23. The van der Waals surface area contributed by atoms with Gasteiger partial charge in [-0.15, -0.1) is 0 Å². The van der Waals surface area contributed by atoms with Crippen LogP contribution in [0.3, 0.4) is 0 Å². The zero-order chi connectivity index (χ0) is 12.6. The number of rotatable bonds is 2. The first-order valence-electron chi connectivity index (χ1n) is 4.52. The Morgan fingerprint density at radius 1 is 1.53 bits per heavy atom. The number of carboxylic acid groups (broad SMARTS) is 1. The lowest BCUT2D eigenvalue weighted by molar-refractivity contribution is 0.0698. The zero-order valence-electron chi connectivity index (χ0n) is 8.39. The van der Waals surface area contributed by atoms with Crippen LogP contribution >= 0.6 is 22.6 Å². The standard InChI is InChI=1S/C10H7FIN3O2/c11-7-2-8(13)6(10(16)17)1-9(7)15-4-5(12)3-14-15/h1-4H,13H2,(H,16,17). The van der Waals surface area contributed by atoms with E-state index in [9.17, 15) is 9.18 Å². The van der Waals surface area contributed by atoms with Crippen LogP contribution in [-0.2, 0) is 0 Å². The van der Waals surface area contributed by atoms with Crippen LogP contribution in [-0.4, -0.2) is 20.9 Å². The Morgan fingerprint density at radius 2 is 2.24 bits per heavy atom. The number of benzene rings is 1. The van der Waals surface area contributed by atoms with Gasteiger partial charge in [0.15, 0.2) is 5.82 Å². The molecule has 0 saturated heterocycles. The van der Waals surface area contributed by atoms with Crippen molar-refractivity contribution in [1.82, 2.24) is 9.78 Å². The maximum atomic E-state index is 13.7. The van der Waals surface area contributed by atoms with E-state index in [1.54, 1.807) is 6.20 Å². The number of halogens is 2. The summed E-state index contributed by atoms with van der Waals surface area (Å²) in [5, 5.41) is 12.8. The smallest absolute Gasteiger partial charge is 0.337 e. The number of nitrogen functional groups attached to an aromatic ring is 1. The van der Waals surface area contributed by atoms with E-state index in [1.165, 1.54) is 10.9 Å². The average molecular weight is 347 g/mol. The fourth-order valence-corrected chi connectivity index (χ4v) is 1.76. The average Bonchev–Trinajstić information content (AvgIpc) is 2.64. The largest absolute Gasteiger partial charge is 0.478 e. The van der Waals surface area contributed by atoms with Crippen molar-refractivity contribution >= 4 is 34.2 Å². The molecular formula is C10H7FIN3O2. The third-order valence-corrected chi connectivity index (χ3v) is 2.70. The molecule has 0 bridgehead atoms. The van der Waals surface area contributed by atoms with Crippen LogP contribution in [0.2, 0.25) is 0 Å². The molecule has 0 radical (unpaired) electrons. The zero-order valence-corrected chi connectivity index (χ0v) is 10.6. The maximum absolute atomic E-state index is 13.7. The summed E-state index contributed by atoms with van der Waals surface area (Å²) in [5.74, 6) is -1.82. The molecule has 7 heteroatoms. The minimum Gasteiger partial charge on any atom is -0.478 e. The Bertz CT molecular complexity index is 597. The predicted octanol–water partition coefficient (Wildman–Crippen LogP) is 1.90. The van der Waals surface area contributed by atoms with Crippen molar-refractivity contribution < 1.29 is 14.3 Å². The molecule has 17 heavy (non-hydrogen) atoms. The summed E-state index contributed by atoms with van der Waals surface area (Å²) in [5.41, 5.74) is 5.22. The SMILES string of the molecule is Nc1cc(F)c(-n2cc(I)cn2)cc1C(=O)O. The molecule has 0 aliphatic carbocycles. The van der Waals surface area contributed by atoms with Gasteiger partial charge in [0, 0.05) is 11.9 Å². The van der Waals surface area contributed by atoms with Crippen LogP contribution in [0.4, 0.5) is 10.1 Å². The molecule has 0 spiro atoms. The summed E-state index contributed by atoms with van der Waals surface area (Å²) in [6, 6.07) is 2.14. The first-order valence-corrected chi connectivity index (χ1v) is 5.60. The molecule has 0 atom stereocenters. The number of nitrogens with two attached hydrogens (primary N) is 1. The Balaban J connectivity index is 2.62. The second-order valence-electron chi connectivity index (χ2n) is 3.30. The number of anilines is 1. The molecule has 2 rings (SSSR count). The highest BCUT2D eigenvalue weighted by Crippen LogP contribution is 2.21. The van der Waals surface area contributed by atoms with E-state index >= 15 is 0 Å². The van der Waals surface area contributed by atoms with E-state index in [0.717, 1.165) is 15.7 Å². The number of hydrogen-bond donors (Lipinski definition) is 2. The number of aromatic nitrogens is 2. The monoisotopic (exact) mass is 347 g/mol. The second-order valence-corrected chi connectivity index (χ2v) is 4.54. The summed E-state index contributed by atoms with van der Waals surface area (Å²) in [7, 11) is 0. The van der Waals surface area contributed by atoms with Gasteiger partial charge in [0.2, 0.25) is 0 Å². The van der Waals surface area contributed by atoms with E-state index in [-0.39, 0.29) is 16.9 Å². The molecule has 5 nitrogen and oxygen atoms in total. The summed E-state index contributed by atoms with van der Waals surface area (Å²) >= 11 is 2.02. The number of carbonyl (C=O) groups is 1. The molecule has 0 amide bonds. The van der Waals surface area contributed by atoms with Gasteiger partial charge in [-0.25, -0.2) is 13.9 Å². The fraction of sp³-hybridized carbons (Fsp3) is 0. The molecule has 0 fully saturated rings. The lowest BCUT2D eigenvalue weighted by Crippen LogP contribution is -2.07. The predicted molar refractivity (Wildman–Crippen MR) is 67.6 cm³/mol.